The van der Waals surface area contributed by atoms with Gasteiger partial charge >= 0.3 is 5.97 Å². The monoisotopic (exact) mass is 519 g/mol. The summed E-state index contributed by atoms with van der Waals surface area (Å²) < 4.78 is 5.11. The van der Waals surface area contributed by atoms with Crippen molar-refractivity contribution < 1.29 is 23.9 Å². The Kier molecular flexibility index (Phi) is 5.11. The number of Topliss-reactive ketones (excluding diaryl/α,β-unsaturated/α-hetero) is 1. The van der Waals surface area contributed by atoms with Crippen LogP contribution in [-0.4, -0.2) is 41.6 Å². The van der Waals surface area contributed by atoms with E-state index in [0.29, 0.717) is 27.8 Å². The van der Waals surface area contributed by atoms with Gasteiger partial charge in [-0.3, -0.25) is 24.1 Å². The minimum atomic E-state index is -1.32. The molecule has 8 heteroatoms. The fourth-order valence-electron chi connectivity index (χ4n) is 5.91. The van der Waals surface area contributed by atoms with Gasteiger partial charge in [0.25, 0.3) is 0 Å². The largest absolute Gasteiger partial charge is 0.456 e. The highest BCUT2D eigenvalue weighted by Gasteiger charge is 2.73. The number of hydrogen-bond donors (Lipinski definition) is 0. The molecule has 0 radical (unpaired) electrons. The number of halogens is 2. The molecule has 4 aliphatic rings. The topological polar surface area (TPSA) is 80.8 Å². The molecule has 6 nitrogen and oxygen atoms in total. The Labute approximate surface area is 216 Å². The number of ketones is 1. The Morgan fingerprint density at radius 3 is 1.58 bits per heavy atom. The average Bonchev–Trinajstić information content (AvgIpc) is 3.17. The lowest BCUT2D eigenvalue weighted by Gasteiger charge is -2.54. The van der Waals surface area contributed by atoms with E-state index in [1.165, 1.54) is 0 Å². The quantitative estimate of drug-likeness (QED) is 0.220. The van der Waals surface area contributed by atoms with Crippen molar-refractivity contribution in [3.63, 3.8) is 0 Å². The van der Waals surface area contributed by atoms with E-state index in [2.05, 4.69) is 0 Å². The molecule has 180 valence electrons. The van der Waals surface area contributed by atoms with Gasteiger partial charge in [0.15, 0.2) is 12.4 Å². The van der Waals surface area contributed by atoms with Crippen LogP contribution < -0.4 is 0 Å². The molecule has 0 aromatic heterocycles. The zero-order chi connectivity index (χ0) is 25.2. The van der Waals surface area contributed by atoms with E-state index in [1.54, 1.807) is 30.3 Å². The number of carbonyl (C=O) groups excluding carboxylic acids is 4. The van der Waals surface area contributed by atoms with E-state index in [-0.39, 0.29) is 5.78 Å². The zero-order valence-electron chi connectivity index (χ0n) is 18.8. The van der Waals surface area contributed by atoms with Crippen molar-refractivity contribution in [3.05, 3.63) is 107 Å². The maximum absolute atomic E-state index is 13.7. The second-order valence-electron chi connectivity index (χ2n) is 9.18. The first-order valence-corrected chi connectivity index (χ1v) is 12.2. The molecule has 36 heavy (non-hydrogen) atoms. The van der Waals surface area contributed by atoms with Crippen LogP contribution in [0.15, 0.2) is 78.9 Å². The third-order valence-corrected chi connectivity index (χ3v) is 8.71. The van der Waals surface area contributed by atoms with Crippen LogP contribution in [0.3, 0.4) is 0 Å². The van der Waals surface area contributed by atoms with Crippen LogP contribution in [0.5, 0.6) is 0 Å². The van der Waals surface area contributed by atoms with Gasteiger partial charge in [0.05, 0.1) is 11.8 Å². The minimum Gasteiger partial charge on any atom is -0.456 e. The Morgan fingerprint density at radius 2 is 1.14 bits per heavy atom. The molecule has 1 saturated heterocycles. The first-order chi connectivity index (χ1) is 17.3. The molecule has 1 aliphatic heterocycles. The number of nitrogens with zero attached hydrogens (tertiary/aromatic N) is 1. The van der Waals surface area contributed by atoms with Crippen LogP contribution in [0.25, 0.3) is 0 Å². The Morgan fingerprint density at radius 1 is 0.722 bits per heavy atom. The molecule has 3 aromatic rings. The molecule has 3 aliphatic carbocycles. The third kappa shape index (κ3) is 2.91. The molecule has 0 N–H and O–H groups in total. The number of amides is 2. The Hall–Kier alpha value is -3.48. The molecule has 2 atom stereocenters. The minimum absolute atomic E-state index is 0.389. The second-order valence-corrected chi connectivity index (χ2v) is 10.4. The molecule has 0 spiro atoms. The molecule has 1 fully saturated rings. The van der Waals surface area contributed by atoms with Crippen molar-refractivity contribution in [1.82, 2.24) is 4.90 Å². The lowest BCUT2D eigenvalue weighted by Crippen LogP contribution is -2.57. The van der Waals surface area contributed by atoms with Gasteiger partial charge in [0.2, 0.25) is 11.8 Å². The number of likely N-dealkylation sites (tertiary alicyclic amines) is 1. The summed E-state index contributed by atoms with van der Waals surface area (Å²) in [5.74, 6) is -4.41. The third-order valence-electron chi connectivity index (χ3n) is 7.42. The van der Waals surface area contributed by atoms with Gasteiger partial charge in [0.1, 0.15) is 16.3 Å². The number of alkyl halides is 2. The summed E-state index contributed by atoms with van der Waals surface area (Å²) in [7, 11) is 0. The summed E-state index contributed by atoms with van der Waals surface area (Å²) in [5, 5.41) is 0. The molecular formula is C28H19Cl2NO5. The standard InChI is InChI=1S/C28H19Cl2NO5/c29-27-17-10-4-5-11-18(17)28(30,20-13-7-6-12-19(20)27)24-23(27)25(34)31(26(24)35)14-22(33)36-15-21(32)16-8-2-1-3-9-16/h1-13,23-24H,14-15H2/t23-,24-,27?,28?/m1/s1. The maximum atomic E-state index is 13.7. The lowest BCUT2D eigenvalue weighted by atomic mass is 9.54. The average molecular weight is 520 g/mol. The number of esters is 1. The van der Waals surface area contributed by atoms with Crippen LogP contribution >= 0.6 is 23.2 Å². The van der Waals surface area contributed by atoms with E-state index in [9.17, 15) is 19.2 Å². The SMILES string of the molecule is O=C(CN1C(=O)[C@H]2[C@H](C1=O)C1(Cl)c3ccccc3C2(Cl)c2ccccc21)OCC(=O)c1ccccc1. The van der Waals surface area contributed by atoms with Crippen LogP contribution in [0.1, 0.15) is 32.6 Å². The van der Waals surface area contributed by atoms with Crippen LogP contribution in [-0.2, 0) is 28.9 Å². The normalized spacial score (nSPS) is 27.3. The first kappa shape index (κ1) is 23.0. The van der Waals surface area contributed by atoms with Crippen molar-refractivity contribution in [2.75, 3.05) is 13.2 Å². The number of carbonyl (C=O) groups is 4. The van der Waals surface area contributed by atoms with Gasteiger partial charge in [-0.1, -0.05) is 78.9 Å². The molecule has 7 rings (SSSR count). The zero-order valence-corrected chi connectivity index (χ0v) is 20.3. The summed E-state index contributed by atoms with van der Waals surface area (Å²) in [4.78, 5) is 50.5. The van der Waals surface area contributed by atoms with Gasteiger partial charge < -0.3 is 4.74 Å². The molecule has 3 aromatic carbocycles. The van der Waals surface area contributed by atoms with Gasteiger partial charge in [-0.15, -0.1) is 23.2 Å². The predicted octanol–water partition coefficient (Wildman–Crippen LogP) is 4.01. The number of imide groups is 1. The van der Waals surface area contributed by atoms with Gasteiger partial charge in [0, 0.05) is 5.56 Å². The molecule has 0 saturated carbocycles. The van der Waals surface area contributed by atoms with Gasteiger partial charge in [-0.25, -0.2) is 0 Å². The molecular weight excluding hydrogens is 501 g/mol. The smallest absolute Gasteiger partial charge is 0.326 e. The van der Waals surface area contributed by atoms with Crippen LogP contribution in [0.2, 0.25) is 0 Å². The summed E-state index contributed by atoms with van der Waals surface area (Å²) in [5.41, 5.74) is 3.12. The highest BCUT2D eigenvalue weighted by Crippen LogP contribution is 2.69. The predicted molar refractivity (Wildman–Crippen MR) is 132 cm³/mol. The maximum Gasteiger partial charge on any atom is 0.326 e. The summed E-state index contributed by atoms with van der Waals surface area (Å²) in [6.07, 6.45) is 0. The molecule has 1 heterocycles. The highest BCUT2D eigenvalue weighted by molar-refractivity contribution is 6.36. The van der Waals surface area contributed by atoms with E-state index in [0.717, 1.165) is 4.90 Å². The number of ether oxygens (including phenoxy) is 1. The Balaban J connectivity index is 1.32. The van der Waals surface area contributed by atoms with E-state index >= 15 is 0 Å². The summed E-state index contributed by atoms with van der Waals surface area (Å²) in [6, 6.07) is 23.0. The van der Waals surface area contributed by atoms with Crippen molar-refractivity contribution in [1.29, 1.82) is 0 Å². The number of hydrogen-bond acceptors (Lipinski definition) is 5. The highest BCUT2D eigenvalue weighted by atomic mass is 35.5. The van der Waals surface area contributed by atoms with E-state index in [1.807, 2.05) is 48.5 Å². The summed E-state index contributed by atoms with van der Waals surface area (Å²) in [6.45, 7) is -1.12. The molecule has 2 amide bonds. The second kappa shape index (κ2) is 8.02. The van der Waals surface area contributed by atoms with Crippen molar-refractivity contribution >= 4 is 46.8 Å². The summed E-state index contributed by atoms with van der Waals surface area (Å²) >= 11 is 14.7. The van der Waals surface area contributed by atoms with Crippen molar-refractivity contribution in [2.24, 2.45) is 11.8 Å². The molecule has 2 bridgehead atoms. The number of benzene rings is 3. The van der Waals surface area contributed by atoms with E-state index in [4.69, 9.17) is 27.9 Å². The Bertz CT molecular complexity index is 1330. The lowest BCUT2D eigenvalue weighted by molar-refractivity contribution is -0.152. The number of rotatable bonds is 5. The fraction of sp³-hybridized carbons (Fsp3) is 0.214. The molecule has 0 unspecified atom stereocenters. The first-order valence-electron chi connectivity index (χ1n) is 11.5. The van der Waals surface area contributed by atoms with Crippen LogP contribution in [0, 0.1) is 11.8 Å². The van der Waals surface area contributed by atoms with E-state index < -0.39 is 52.5 Å². The fourth-order valence-corrected chi connectivity index (χ4v) is 7.01. The van der Waals surface area contributed by atoms with Crippen molar-refractivity contribution in [2.45, 2.75) is 9.75 Å². The van der Waals surface area contributed by atoms with Gasteiger partial charge in [-0.2, -0.15) is 0 Å². The van der Waals surface area contributed by atoms with Crippen molar-refractivity contribution in [3.8, 4) is 0 Å². The van der Waals surface area contributed by atoms with Gasteiger partial charge in [-0.05, 0) is 22.3 Å². The van der Waals surface area contributed by atoms with Crippen LogP contribution in [0.4, 0.5) is 0 Å².